The lowest BCUT2D eigenvalue weighted by atomic mass is 10.2. The molecular formula is C13H10ClF2NOS. The molecule has 19 heavy (non-hydrogen) atoms. The van der Waals surface area contributed by atoms with Gasteiger partial charge in [0, 0.05) is 5.69 Å². The minimum Gasteiger partial charge on any atom is -0.399 e. The predicted octanol–water partition coefficient (Wildman–Crippen LogP) is 3.51. The highest BCUT2D eigenvalue weighted by Gasteiger charge is 2.11. The highest BCUT2D eigenvalue weighted by atomic mass is 35.5. The molecular weight excluding hydrogens is 292 g/mol. The molecule has 0 saturated carbocycles. The maximum absolute atomic E-state index is 13.1. The smallest absolute Gasteiger partial charge is 0.159 e. The number of halogens is 3. The van der Waals surface area contributed by atoms with Crippen molar-refractivity contribution in [2.45, 2.75) is 10.6 Å². The fourth-order valence-corrected chi connectivity index (χ4v) is 3.12. The van der Waals surface area contributed by atoms with Crippen LogP contribution in [0, 0.1) is 11.6 Å². The molecule has 1 unspecified atom stereocenters. The fraction of sp³-hybridized carbons (Fsp3) is 0.0769. The van der Waals surface area contributed by atoms with Crippen molar-refractivity contribution in [2.75, 3.05) is 5.73 Å². The number of benzene rings is 2. The van der Waals surface area contributed by atoms with Crippen molar-refractivity contribution in [1.29, 1.82) is 0 Å². The second kappa shape index (κ2) is 5.67. The van der Waals surface area contributed by atoms with Crippen LogP contribution in [-0.4, -0.2) is 4.21 Å². The predicted molar refractivity (Wildman–Crippen MR) is 72.3 cm³/mol. The normalized spacial score (nSPS) is 12.4. The Labute approximate surface area is 116 Å². The standard InChI is InChI=1S/C13H10ClF2NOS/c14-10-3-2-9(17)6-13(10)19(18)7-8-1-4-11(15)12(16)5-8/h1-6H,7,17H2. The first-order chi connectivity index (χ1) is 8.97. The third-order valence-electron chi connectivity index (χ3n) is 2.48. The van der Waals surface area contributed by atoms with E-state index in [2.05, 4.69) is 0 Å². The molecule has 0 saturated heterocycles. The summed E-state index contributed by atoms with van der Waals surface area (Å²) in [5.74, 6) is -1.86. The molecule has 2 rings (SSSR count). The first kappa shape index (κ1) is 14.0. The lowest BCUT2D eigenvalue weighted by molar-refractivity contribution is 0.507. The fourth-order valence-electron chi connectivity index (χ4n) is 1.55. The van der Waals surface area contributed by atoms with Crippen LogP contribution in [0.25, 0.3) is 0 Å². The Hall–Kier alpha value is -1.46. The van der Waals surface area contributed by atoms with Crippen LogP contribution >= 0.6 is 11.6 Å². The van der Waals surface area contributed by atoms with Crippen LogP contribution in [0.3, 0.4) is 0 Å². The molecule has 0 amide bonds. The third kappa shape index (κ3) is 3.30. The first-order valence-electron chi connectivity index (χ1n) is 5.34. The summed E-state index contributed by atoms with van der Waals surface area (Å²) < 4.78 is 38.0. The minimum absolute atomic E-state index is 0.0420. The summed E-state index contributed by atoms with van der Waals surface area (Å²) in [6.07, 6.45) is 0. The molecule has 0 aromatic heterocycles. The number of rotatable bonds is 3. The van der Waals surface area contributed by atoms with Crippen LogP contribution in [-0.2, 0) is 16.6 Å². The Kier molecular flexibility index (Phi) is 4.17. The van der Waals surface area contributed by atoms with Crippen molar-refractivity contribution in [1.82, 2.24) is 0 Å². The van der Waals surface area contributed by atoms with Crippen molar-refractivity contribution < 1.29 is 13.0 Å². The van der Waals surface area contributed by atoms with E-state index in [9.17, 15) is 13.0 Å². The number of nitrogen functional groups attached to an aromatic ring is 1. The third-order valence-corrected chi connectivity index (χ3v) is 4.35. The summed E-state index contributed by atoms with van der Waals surface area (Å²) >= 11 is 5.93. The summed E-state index contributed by atoms with van der Waals surface area (Å²) in [7, 11) is -1.47. The van der Waals surface area contributed by atoms with Gasteiger partial charge in [0.15, 0.2) is 11.6 Å². The number of nitrogens with two attached hydrogens (primary N) is 1. The van der Waals surface area contributed by atoms with Gasteiger partial charge in [0.2, 0.25) is 0 Å². The molecule has 2 aromatic rings. The average Bonchev–Trinajstić information content (AvgIpc) is 2.36. The molecule has 2 aromatic carbocycles. The van der Waals surface area contributed by atoms with Gasteiger partial charge in [-0.15, -0.1) is 0 Å². The van der Waals surface area contributed by atoms with Gasteiger partial charge in [0.25, 0.3) is 0 Å². The van der Waals surface area contributed by atoms with Crippen LogP contribution in [0.15, 0.2) is 41.3 Å². The van der Waals surface area contributed by atoms with E-state index in [0.29, 0.717) is 21.2 Å². The molecule has 0 spiro atoms. The minimum atomic E-state index is -1.47. The van der Waals surface area contributed by atoms with Gasteiger partial charge in [-0.3, -0.25) is 4.21 Å². The summed E-state index contributed by atoms with van der Waals surface area (Å²) in [6.45, 7) is 0. The summed E-state index contributed by atoms with van der Waals surface area (Å²) in [6, 6.07) is 8.07. The monoisotopic (exact) mass is 301 g/mol. The largest absolute Gasteiger partial charge is 0.399 e. The highest BCUT2D eigenvalue weighted by Crippen LogP contribution is 2.24. The van der Waals surface area contributed by atoms with Gasteiger partial charge in [-0.05, 0) is 35.9 Å². The van der Waals surface area contributed by atoms with Crippen LogP contribution in [0.4, 0.5) is 14.5 Å². The summed E-state index contributed by atoms with van der Waals surface area (Å²) in [4.78, 5) is 0.381. The first-order valence-corrected chi connectivity index (χ1v) is 7.04. The van der Waals surface area contributed by atoms with Crippen molar-refractivity contribution >= 4 is 28.1 Å². The Bertz CT molecular complexity index is 649. The Morgan fingerprint density at radius 3 is 2.53 bits per heavy atom. The van der Waals surface area contributed by atoms with Gasteiger partial charge in [0.1, 0.15) is 0 Å². The highest BCUT2D eigenvalue weighted by molar-refractivity contribution is 7.84. The maximum atomic E-state index is 13.1. The molecule has 0 aliphatic carbocycles. The zero-order valence-corrected chi connectivity index (χ0v) is 11.3. The number of hydrogen-bond donors (Lipinski definition) is 1. The van der Waals surface area contributed by atoms with E-state index in [0.717, 1.165) is 12.1 Å². The van der Waals surface area contributed by atoms with E-state index in [1.165, 1.54) is 12.1 Å². The molecule has 1 atom stereocenters. The molecule has 100 valence electrons. The van der Waals surface area contributed by atoms with E-state index >= 15 is 0 Å². The SMILES string of the molecule is Nc1ccc(Cl)c(S(=O)Cc2ccc(F)c(F)c2)c1. The van der Waals surface area contributed by atoms with Crippen molar-refractivity contribution in [3.05, 3.63) is 58.6 Å². The maximum Gasteiger partial charge on any atom is 0.159 e. The topological polar surface area (TPSA) is 43.1 Å². The van der Waals surface area contributed by atoms with Gasteiger partial charge in [-0.2, -0.15) is 0 Å². The molecule has 0 radical (unpaired) electrons. The molecule has 2 nitrogen and oxygen atoms in total. The van der Waals surface area contributed by atoms with Crippen LogP contribution in [0.2, 0.25) is 5.02 Å². The van der Waals surface area contributed by atoms with Gasteiger partial charge in [-0.25, -0.2) is 8.78 Å². The van der Waals surface area contributed by atoms with E-state index in [-0.39, 0.29) is 5.75 Å². The zero-order valence-electron chi connectivity index (χ0n) is 9.70. The molecule has 0 bridgehead atoms. The van der Waals surface area contributed by atoms with E-state index < -0.39 is 22.4 Å². The molecule has 2 N–H and O–H groups in total. The molecule has 0 aliphatic rings. The second-order valence-electron chi connectivity index (χ2n) is 3.93. The van der Waals surface area contributed by atoms with Crippen molar-refractivity contribution in [2.24, 2.45) is 0 Å². The zero-order chi connectivity index (χ0) is 14.0. The number of anilines is 1. The van der Waals surface area contributed by atoms with Gasteiger partial charge in [-0.1, -0.05) is 17.7 Å². The molecule has 0 heterocycles. The van der Waals surface area contributed by atoms with Gasteiger partial charge in [0.05, 0.1) is 26.5 Å². The van der Waals surface area contributed by atoms with Crippen LogP contribution in [0.5, 0.6) is 0 Å². The van der Waals surface area contributed by atoms with Crippen LogP contribution < -0.4 is 5.73 Å². The van der Waals surface area contributed by atoms with Gasteiger partial charge >= 0.3 is 0 Å². The van der Waals surface area contributed by atoms with E-state index in [1.54, 1.807) is 12.1 Å². The molecule has 0 aliphatic heterocycles. The number of hydrogen-bond acceptors (Lipinski definition) is 2. The summed E-state index contributed by atoms with van der Waals surface area (Å²) in [5, 5.41) is 0.329. The van der Waals surface area contributed by atoms with Crippen LogP contribution in [0.1, 0.15) is 5.56 Å². The Morgan fingerprint density at radius 2 is 1.84 bits per heavy atom. The van der Waals surface area contributed by atoms with E-state index in [1.807, 2.05) is 0 Å². The van der Waals surface area contributed by atoms with E-state index in [4.69, 9.17) is 17.3 Å². The van der Waals surface area contributed by atoms with Gasteiger partial charge < -0.3 is 5.73 Å². The quantitative estimate of drug-likeness (QED) is 0.882. The lowest BCUT2D eigenvalue weighted by Crippen LogP contribution is -2.00. The molecule has 6 heteroatoms. The van der Waals surface area contributed by atoms with Crippen molar-refractivity contribution in [3.63, 3.8) is 0 Å². The lowest BCUT2D eigenvalue weighted by Gasteiger charge is -2.06. The summed E-state index contributed by atoms with van der Waals surface area (Å²) in [5.41, 5.74) is 6.47. The Balaban J connectivity index is 2.25. The average molecular weight is 302 g/mol. The molecule has 0 fully saturated rings. The Morgan fingerprint density at radius 1 is 1.11 bits per heavy atom. The van der Waals surface area contributed by atoms with Crippen molar-refractivity contribution in [3.8, 4) is 0 Å². The second-order valence-corrected chi connectivity index (χ2v) is 5.75.